The predicted molar refractivity (Wildman–Crippen MR) is 107 cm³/mol. The van der Waals surface area contributed by atoms with Crippen LogP contribution >= 0.6 is 12.2 Å². The molecular weight excluding hydrogens is 348 g/mol. The van der Waals surface area contributed by atoms with Gasteiger partial charge in [-0.1, -0.05) is 25.1 Å². The minimum absolute atomic E-state index is 0.0680. The lowest BCUT2D eigenvalue weighted by Gasteiger charge is -2.32. The summed E-state index contributed by atoms with van der Waals surface area (Å²) in [6.07, 6.45) is 0.922. The minimum Gasteiger partial charge on any atom is -0.497 e. The summed E-state index contributed by atoms with van der Waals surface area (Å²) in [6.45, 7) is 4.16. The highest BCUT2D eigenvalue weighted by Gasteiger charge is 2.24. The van der Waals surface area contributed by atoms with Gasteiger partial charge < -0.3 is 24.4 Å². The molecule has 0 fully saturated rings. The zero-order valence-electron chi connectivity index (χ0n) is 15.1. The number of hydrogen-bond donors (Lipinski definition) is 1. The van der Waals surface area contributed by atoms with Crippen molar-refractivity contribution in [1.82, 2.24) is 4.90 Å². The summed E-state index contributed by atoms with van der Waals surface area (Å²) in [5.41, 5.74) is 0.904. The maximum absolute atomic E-state index is 6.07. The molecule has 2 aromatic carbocycles. The molecular formula is C20H24N2O3S. The van der Waals surface area contributed by atoms with Crippen LogP contribution in [0, 0.1) is 0 Å². The van der Waals surface area contributed by atoms with Crippen LogP contribution in [0.15, 0.2) is 48.5 Å². The molecule has 0 bridgehead atoms. The molecule has 0 saturated carbocycles. The highest BCUT2D eigenvalue weighted by Crippen LogP contribution is 2.31. The zero-order chi connectivity index (χ0) is 18.4. The third-order valence-corrected chi connectivity index (χ3v) is 4.45. The van der Waals surface area contributed by atoms with Crippen LogP contribution in [-0.2, 0) is 0 Å². The first-order valence-corrected chi connectivity index (χ1v) is 9.19. The Labute approximate surface area is 159 Å². The van der Waals surface area contributed by atoms with Gasteiger partial charge in [-0.2, -0.15) is 0 Å². The Balaban J connectivity index is 1.64. The van der Waals surface area contributed by atoms with Crippen LogP contribution in [0.5, 0.6) is 17.2 Å². The second-order valence-corrected chi connectivity index (χ2v) is 6.49. The Morgan fingerprint density at radius 2 is 2.04 bits per heavy atom. The standard InChI is InChI=1S/C20H24N2O3S/c1-3-11-22(20(26)21-15-7-6-8-16(12-15)23-2)13-17-14-24-18-9-4-5-10-19(18)25-17/h4-10,12,17H,3,11,13-14H2,1-2H3,(H,21,26)/t17-/m0/s1. The molecule has 3 rings (SSSR count). The van der Waals surface area contributed by atoms with E-state index in [0.717, 1.165) is 35.9 Å². The van der Waals surface area contributed by atoms with Crippen LogP contribution < -0.4 is 19.5 Å². The van der Waals surface area contributed by atoms with E-state index in [-0.39, 0.29) is 6.10 Å². The van der Waals surface area contributed by atoms with Crippen LogP contribution in [0.4, 0.5) is 5.69 Å². The van der Waals surface area contributed by atoms with Crippen molar-refractivity contribution in [3.8, 4) is 17.2 Å². The first-order valence-electron chi connectivity index (χ1n) is 8.78. The van der Waals surface area contributed by atoms with Crippen molar-refractivity contribution in [2.24, 2.45) is 0 Å². The van der Waals surface area contributed by atoms with Crippen molar-refractivity contribution in [3.63, 3.8) is 0 Å². The molecule has 0 aromatic heterocycles. The number of thiocarbonyl (C=S) groups is 1. The first-order chi connectivity index (χ1) is 12.7. The molecule has 5 nitrogen and oxygen atoms in total. The van der Waals surface area contributed by atoms with Gasteiger partial charge in [0.15, 0.2) is 22.7 Å². The van der Waals surface area contributed by atoms with Crippen LogP contribution in [0.2, 0.25) is 0 Å². The Kier molecular flexibility index (Phi) is 6.17. The highest BCUT2D eigenvalue weighted by atomic mass is 32.1. The average Bonchev–Trinajstić information content (AvgIpc) is 2.67. The molecule has 138 valence electrons. The maximum Gasteiger partial charge on any atom is 0.173 e. The molecule has 26 heavy (non-hydrogen) atoms. The van der Waals surface area contributed by atoms with Crippen molar-refractivity contribution < 1.29 is 14.2 Å². The van der Waals surface area contributed by atoms with Gasteiger partial charge in [0, 0.05) is 18.3 Å². The third kappa shape index (κ3) is 4.58. The summed E-state index contributed by atoms with van der Waals surface area (Å²) >= 11 is 5.63. The smallest absolute Gasteiger partial charge is 0.173 e. The van der Waals surface area contributed by atoms with Gasteiger partial charge in [0.2, 0.25) is 0 Å². The van der Waals surface area contributed by atoms with E-state index in [1.807, 2.05) is 48.5 Å². The number of fused-ring (bicyclic) bond motifs is 1. The summed E-state index contributed by atoms with van der Waals surface area (Å²) in [5, 5.41) is 3.96. The largest absolute Gasteiger partial charge is 0.497 e. The van der Waals surface area contributed by atoms with Gasteiger partial charge in [0.1, 0.15) is 12.4 Å². The SMILES string of the molecule is CCCN(C[C@H]1COc2ccccc2O1)C(=S)Nc1cccc(OC)c1. The average molecular weight is 372 g/mol. The molecule has 0 radical (unpaired) electrons. The van der Waals surface area contributed by atoms with E-state index in [1.54, 1.807) is 7.11 Å². The lowest BCUT2D eigenvalue weighted by atomic mass is 10.2. The second kappa shape index (κ2) is 8.76. The Morgan fingerprint density at radius 3 is 2.81 bits per heavy atom. The molecule has 1 heterocycles. The lowest BCUT2D eigenvalue weighted by Crippen LogP contribution is -2.45. The van der Waals surface area contributed by atoms with Gasteiger partial charge in [0.25, 0.3) is 0 Å². The molecule has 1 N–H and O–H groups in total. The van der Waals surface area contributed by atoms with Gasteiger partial charge in [-0.25, -0.2) is 0 Å². The van der Waals surface area contributed by atoms with Crippen LogP contribution in [-0.4, -0.2) is 42.9 Å². The third-order valence-electron chi connectivity index (χ3n) is 4.09. The Hall–Kier alpha value is -2.47. The van der Waals surface area contributed by atoms with E-state index in [9.17, 15) is 0 Å². The molecule has 6 heteroatoms. The number of methoxy groups -OCH3 is 1. The van der Waals surface area contributed by atoms with Crippen molar-refractivity contribution in [3.05, 3.63) is 48.5 Å². The van der Waals surface area contributed by atoms with Crippen LogP contribution in [0.3, 0.4) is 0 Å². The van der Waals surface area contributed by atoms with Crippen LogP contribution in [0.1, 0.15) is 13.3 Å². The molecule has 0 aliphatic carbocycles. The number of benzene rings is 2. The summed E-state index contributed by atoms with van der Waals surface area (Å²) < 4.78 is 17.1. The fourth-order valence-corrected chi connectivity index (χ4v) is 3.13. The van der Waals surface area contributed by atoms with Gasteiger partial charge in [-0.3, -0.25) is 0 Å². The van der Waals surface area contributed by atoms with Crippen molar-refractivity contribution >= 4 is 23.0 Å². The normalized spacial score (nSPS) is 15.2. The van der Waals surface area contributed by atoms with E-state index in [4.69, 9.17) is 26.4 Å². The van der Waals surface area contributed by atoms with Crippen molar-refractivity contribution in [2.75, 3.05) is 32.1 Å². The quantitative estimate of drug-likeness (QED) is 0.775. The number of rotatable bonds is 6. The topological polar surface area (TPSA) is 43.0 Å². The van der Waals surface area contributed by atoms with Gasteiger partial charge in [-0.15, -0.1) is 0 Å². The number of anilines is 1. The minimum atomic E-state index is -0.0680. The van der Waals surface area contributed by atoms with Crippen molar-refractivity contribution in [2.45, 2.75) is 19.4 Å². The number of hydrogen-bond acceptors (Lipinski definition) is 4. The van der Waals surface area contributed by atoms with Crippen LogP contribution in [0.25, 0.3) is 0 Å². The Bertz CT molecular complexity index is 753. The lowest BCUT2D eigenvalue weighted by molar-refractivity contribution is 0.0746. The monoisotopic (exact) mass is 372 g/mol. The zero-order valence-corrected chi connectivity index (χ0v) is 15.9. The molecule has 1 atom stereocenters. The molecule has 0 saturated heterocycles. The molecule has 1 aliphatic heterocycles. The van der Waals surface area contributed by atoms with E-state index >= 15 is 0 Å². The number of para-hydroxylation sites is 2. The number of nitrogens with zero attached hydrogens (tertiary/aromatic N) is 1. The molecule has 0 amide bonds. The summed E-state index contributed by atoms with van der Waals surface area (Å²) in [7, 11) is 1.65. The van der Waals surface area contributed by atoms with Gasteiger partial charge in [0.05, 0.1) is 13.7 Å². The summed E-state index contributed by atoms with van der Waals surface area (Å²) in [4.78, 5) is 2.12. The number of nitrogens with one attached hydrogen (secondary N) is 1. The Morgan fingerprint density at radius 1 is 1.23 bits per heavy atom. The fourth-order valence-electron chi connectivity index (χ4n) is 2.85. The van der Waals surface area contributed by atoms with E-state index in [1.165, 1.54) is 0 Å². The predicted octanol–water partition coefficient (Wildman–Crippen LogP) is 3.94. The van der Waals surface area contributed by atoms with E-state index < -0.39 is 0 Å². The van der Waals surface area contributed by atoms with E-state index in [0.29, 0.717) is 18.3 Å². The van der Waals surface area contributed by atoms with E-state index in [2.05, 4.69) is 17.1 Å². The maximum atomic E-state index is 6.07. The van der Waals surface area contributed by atoms with Crippen molar-refractivity contribution in [1.29, 1.82) is 0 Å². The summed E-state index contributed by atoms with van der Waals surface area (Å²) in [5.74, 6) is 2.37. The van der Waals surface area contributed by atoms with Gasteiger partial charge >= 0.3 is 0 Å². The number of ether oxygens (including phenoxy) is 3. The fraction of sp³-hybridized carbons (Fsp3) is 0.350. The van der Waals surface area contributed by atoms with Gasteiger partial charge in [-0.05, 0) is 42.9 Å². The molecule has 1 aliphatic rings. The molecule has 2 aromatic rings. The first kappa shape index (κ1) is 18.3. The molecule has 0 spiro atoms. The summed E-state index contributed by atoms with van der Waals surface area (Å²) in [6, 6.07) is 15.5. The second-order valence-electron chi connectivity index (χ2n) is 6.11. The molecule has 0 unspecified atom stereocenters. The highest BCUT2D eigenvalue weighted by molar-refractivity contribution is 7.80.